The smallest absolute Gasteiger partial charge is 0.129 e. The molecule has 0 fully saturated rings. The number of hydrogen-bond acceptors (Lipinski definition) is 4. The molecule has 2 aromatic heterocycles. The van der Waals surface area contributed by atoms with Crippen LogP contribution in [0, 0.1) is 0 Å². The van der Waals surface area contributed by atoms with Crippen LogP contribution in [0.3, 0.4) is 0 Å². The minimum Gasteiger partial charge on any atom is -0.395 e. The lowest BCUT2D eigenvalue weighted by molar-refractivity contribution is 0.301. The summed E-state index contributed by atoms with van der Waals surface area (Å²) in [6.07, 6.45) is 5.66. The van der Waals surface area contributed by atoms with Crippen LogP contribution in [0.5, 0.6) is 0 Å². The lowest BCUT2D eigenvalue weighted by Gasteiger charge is -2.23. The summed E-state index contributed by atoms with van der Waals surface area (Å²) in [5.74, 6) is 0.848. The van der Waals surface area contributed by atoms with Crippen LogP contribution in [0.4, 0.5) is 5.82 Å². The van der Waals surface area contributed by atoms with Gasteiger partial charge in [-0.2, -0.15) is 0 Å². The number of pyridine rings is 2. The van der Waals surface area contributed by atoms with E-state index in [4.69, 9.17) is 4.98 Å². The summed E-state index contributed by atoms with van der Waals surface area (Å²) in [6.45, 7) is 1.33. The number of rotatable bonds is 7. The van der Waals surface area contributed by atoms with Gasteiger partial charge in [0.2, 0.25) is 0 Å². The lowest BCUT2D eigenvalue weighted by atomic mass is 10.2. The van der Waals surface area contributed by atoms with E-state index in [0.29, 0.717) is 13.1 Å². The molecule has 0 aliphatic heterocycles. The molecule has 0 amide bonds. The van der Waals surface area contributed by atoms with Crippen LogP contribution >= 0.6 is 0 Å². The number of benzene rings is 1. The lowest BCUT2D eigenvalue weighted by Crippen LogP contribution is -2.27. The van der Waals surface area contributed by atoms with E-state index in [1.807, 2.05) is 66.7 Å². The van der Waals surface area contributed by atoms with Gasteiger partial charge in [0.1, 0.15) is 5.82 Å². The van der Waals surface area contributed by atoms with E-state index in [-0.39, 0.29) is 6.61 Å². The fraction of sp³-hybridized carbons (Fsp3) is 0.143. The average Bonchev–Trinajstić information content (AvgIpc) is 2.68. The second-order valence-corrected chi connectivity index (χ2v) is 5.64. The highest BCUT2D eigenvalue weighted by atomic mass is 16.3. The van der Waals surface area contributed by atoms with Crippen molar-refractivity contribution in [2.24, 2.45) is 0 Å². The Bertz CT molecular complexity index is 804. The van der Waals surface area contributed by atoms with Crippen LogP contribution in [0.2, 0.25) is 0 Å². The van der Waals surface area contributed by atoms with Gasteiger partial charge in [0, 0.05) is 19.3 Å². The maximum Gasteiger partial charge on any atom is 0.129 e. The van der Waals surface area contributed by atoms with Crippen molar-refractivity contribution in [2.45, 2.75) is 6.54 Å². The van der Waals surface area contributed by atoms with Crippen LogP contribution in [0.25, 0.3) is 12.2 Å². The fourth-order valence-corrected chi connectivity index (χ4v) is 2.55. The number of hydrogen-bond donors (Lipinski definition) is 1. The van der Waals surface area contributed by atoms with Crippen molar-refractivity contribution in [3.63, 3.8) is 0 Å². The molecule has 126 valence electrons. The summed E-state index contributed by atoms with van der Waals surface area (Å²) >= 11 is 0. The van der Waals surface area contributed by atoms with Crippen LogP contribution in [0.1, 0.15) is 17.0 Å². The van der Waals surface area contributed by atoms with Crippen LogP contribution in [-0.4, -0.2) is 28.2 Å². The molecule has 3 aromatic rings. The van der Waals surface area contributed by atoms with Crippen molar-refractivity contribution in [1.29, 1.82) is 0 Å². The number of nitrogens with zero attached hydrogens (tertiary/aromatic N) is 3. The molecule has 2 heterocycles. The molecule has 0 saturated carbocycles. The molecule has 0 aliphatic carbocycles. The molecule has 25 heavy (non-hydrogen) atoms. The molecule has 0 radical (unpaired) electrons. The first-order valence-corrected chi connectivity index (χ1v) is 8.31. The molecule has 0 atom stereocenters. The number of aromatic nitrogens is 2. The van der Waals surface area contributed by atoms with Crippen molar-refractivity contribution in [3.8, 4) is 0 Å². The Balaban J connectivity index is 1.79. The minimum absolute atomic E-state index is 0.0858. The van der Waals surface area contributed by atoms with Gasteiger partial charge in [-0.05, 0) is 42.0 Å². The molecule has 0 bridgehead atoms. The van der Waals surface area contributed by atoms with Crippen LogP contribution in [-0.2, 0) is 6.54 Å². The summed E-state index contributed by atoms with van der Waals surface area (Å²) in [5.41, 5.74) is 2.94. The van der Waals surface area contributed by atoms with E-state index in [0.717, 1.165) is 17.2 Å². The highest BCUT2D eigenvalue weighted by Crippen LogP contribution is 2.16. The van der Waals surface area contributed by atoms with E-state index < -0.39 is 0 Å². The highest BCUT2D eigenvalue weighted by molar-refractivity contribution is 5.66. The van der Waals surface area contributed by atoms with Gasteiger partial charge in [0.15, 0.2) is 0 Å². The molecular weight excluding hydrogens is 310 g/mol. The third-order valence-corrected chi connectivity index (χ3v) is 3.78. The molecule has 4 heteroatoms. The Morgan fingerprint density at radius 2 is 1.60 bits per heavy atom. The molecule has 0 aliphatic rings. The van der Waals surface area contributed by atoms with Crippen molar-refractivity contribution >= 4 is 18.0 Å². The SMILES string of the molecule is OCCN(Cc1ccccc1)c1cccc(C=Cc2ccccn2)n1. The van der Waals surface area contributed by atoms with E-state index in [1.165, 1.54) is 5.56 Å². The predicted molar refractivity (Wildman–Crippen MR) is 102 cm³/mol. The Morgan fingerprint density at radius 1 is 0.840 bits per heavy atom. The zero-order valence-corrected chi connectivity index (χ0v) is 14.0. The Labute approximate surface area is 148 Å². The standard InChI is InChI=1S/C21H21N3O/c25-16-15-24(17-18-7-2-1-3-8-18)21-11-6-10-20(23-21)13-12-19-9-4-5-14-22-19/h1-14,25H,15-17H2. The topological polar surface area (TPSA) is 49.2 Å². The van der Waals surface area contributed by atoms with Gasteiger partial charge in [-0.25, -0.2) is 4.98 Å². The van der Waals surface area contributed by atoms with Crippen LogP contribution < -0.4 is 4.90 Å². The van der Waals surface area contributed by atoms with Crippen molar-refractivity contribution in [3.05, 3.63) is 89.9 Å². The summed E-state index contributed by atoms with van der Waals surface area (Å²) in [5, 5.41) is 9.41. The average molecular weight is 331 g/mol. The molecule has 3 rings (SSSR count). The van der Waals surface area contributed by atoms with Gasteiger partial charge in [0.05, 0.1) is 18.0 Å². The Morgan fingerprint density at radius 3 is 2.36 bits per heavy atom. The third kappa shape index (κ3) is 4.99. The first kappa shape index (κ1) is 16.9. The number of anilines is 1. The summed E-state index contributed by atoms with van der Waals surface area (Å²) in [4.78, 5) is 11.1. The third-order valence-electron chi connectivity index (χ3n) is 3.78. The van der Waals surface area contributed by atoms with Gasteiger partial charge < -0.3 is 10.0 Å². The molecule has 4 nitrogen and oxygen atoms in total. The van der Waals surface area contributed by atoms with Crippen LogP contribution in [0.15, 0.2) is 72.9 Å². The van der Waals surface area contributed by atoms with Gasteiger partial charge in [0.25, 0.3) is 0 Å². The summed E-state index contributed by atoms with van der Waals surface area (Å²) in [6, 6.07) is 21.9. The normalized spacial score (nSPS) is 10.9. The Hall–Kier alpha value is -2.98. The highest BCUT2D eigenvalue weighted by Gasteiger charge is 2.08. The number of aliphatic hydroxyl groups excluding tert-OH is 1. The van der Waals surface area contributed by atoms with Crippen molar-refractivity contribution in [1.82, 2.24) is 9.97 Å². The first-order chi connectivity index (χ1) is 12.3. The predicted octanol–water partition coefficient (Wildman–Crippen LogP) is 3.65. The quantitative estimate of drug-likeness (QED) is 0.718. The van der Waals surface area contributed by atoms with Crippen molar-refractivity contribution < 1.29 is 5.11 Å². The second-order valence-electron chi connectivity index (χ2n) is 5.64. The van der Waals surface area contributed by atoms with Crippen molar-refractivity contribution in [2.75, 3.05) is 18.1 Å². The minimum atomic E-state index is 0.0858. The van der Waals surface area contributed by atoms with Gasteiger partial charge in [-0.15, -0.1) is 0 Å². The molecule has 0 unspecified atom stereocenters. The zero-order chi connectivity index (χ0) is 17.3. The van der Waals surface area contributed by atoms with E-state index in [9.17, 15) is 5.11 Å². The van der Waals surface area contributed by atoms with E-state index >= 15 is 0 Å². The Kier molecular flexibility index (Phi) is 5.91. The van der Waals surface area contributed by atoms with Gasteiger partial charge in [-0.3, -0.25) is 4.98 Å². The van der Waals surface area contributed by atoms with E-state index in [2.05, 4.69) is 22.0 Å². The van der Waals surface area contributed by atoms with Gasteiger partial charge >= 0.3 is 0 Å². The molecule has 1 aromatic carbocycles. The molecule has 1 N–H and O–H groups in total. The monoisotopic (exact) mass is 331 g/mol. The largest absolute Gasteiger partial charge is 0.395 e. The van der Waals surface area contributed by atoms with Gasteiger partial charge in [-0.1, -0.05) is 42.5 Å². The summed E-state index contributed by atoms with van der Waals surface area (Å²) < 4.78 is 0. The van der Waals surface area contributed by atoms with E-state index in [1.54, 1.807) is 6.20 Å². The molecular formula is C21H21N3O. The molecule has 0 saturated heterocycles. The maximum atomic E-state index is 9.41. The molecule has 0 spiro atoms. The zero-order valence-electron chi connectivity index (χ0n) is 14.0. The number of aliphatic hydroxyl groups is 1. The summed E-state index contributed by atoms with van der Waals surface area (Å²) in [7, 11) is 0. The second kappa shape index (κ2) is 8.76. The first-order valence-electron chi connectivity index (χ1n) is 8.31. The maximum absolute atomic E-state index is 9.41. The fourth-order valence-electron chi connectivity index (χ4n) is 2.55.